The Hall–Kier alpha value is -2.44. The molecule has 132 valence electrons. The number of nitro benzene ring substituents is 1. The van der Waals surface area contributed by atoms with Gasteiger partial charge in [0.2, 0.25) is 0 Å². The van der Waals surface area contributed by atoms with Crippen molar-refractivity contribution in [1.29, 1.82) is 0 Å². The van der Waals surface area contributed by atoms with Crippen LogP contribution in [-0.4, -0.2) is 22.5 Å². The van der Waals surface area contributed by atoms with E-state index in [0.717, 1.165) is 6.42 Å². The fraction of sp³-hybridized carbons (Fsp3) is 0.556. The van der Waals surface area contributed by atoms with E-state index >= 15 is 0 Å². The molecule has 2 unspecified atom stereocenters. The largest absolute Gasteiger partial charge is 0.550 e. The molecule has 0 spiro atoms. The van der Waals surface area contributed by atoms with E-state index in [1.807, 2.05) is 0 Å². The number of hydrogen-bond donors (Lipinski definition) is 0. The summed E-state index contributed by atoms with van der Waals surface area (Å²) in [5.74, 6) is -1.40. The Morgan fingerprint density at radius 1 is 1.12 bits per heavy atom. The molecule has 0 aromatic heterocycles. The topological polar surface area (TPSA) is 110 Å². The van der Waals surface area contributed by atoms with E-state index in [0.29, 0.717) is 25.7 Å². The summed E-state index contributed by atoms with van der Waals surface area (Å²) < 4.78 is 5.77. The molecule has 4 bridgehead atoms. The first-order valence-corrected chi connectivity index (χ1v) is 8.51. The van der Waals surface area contributed by atoms with Crippen molar-refractivity contribution in [2.75, 3.05) is 0 Å². The molecular weight excluding hydrogens is 326 g/mol. The number of rotatable bonds is 4. The molecule has 7 nitrogen and oxygen atoms in total. The van der Waals surface area contributed by atoms with Crippen molar-refractivity contribution in [1.82, 2.24) is 0 Å². The number of hydrogen-bond acceptors (Lipinski definition) is 6. The number of ether oxygens (including phenoxy) is 1. The van der Waals surface area contributed by atoms with E-state index in [2.05, 4.69) is 0 Å². The Morgan fingerprint density at radius 3 is 2.36 bits per heavy atom. The summed E-state index contributed by atoms with van der Waals surface area (Å²) in [7, 11) is 0. The first-order chi connectivity index (χ1) is 11.8. The Balaban J connectivity index is 1.64. The number of aliphatic carboxylic acids is 1. The van der Waals surface area contributed by atoms with Gasteiger partial charge in [0.1, 0.15) is 11.2 Å². The van der Waals surface area contributed by atoms with Gasteiger partial charge in [-0.15, -0.1) is 0 Å². The lowest BCUT2D eigenvalue weighted by molar-refractivity contribution is -0.385. The molecule has 1 aromatic rings. The summed E-state index contributed by atoms with van der Waals surface area (Å²) in [6, 6.07) is 5.67. The predicted octanol–water partition coefficient (Wildman–Crippen LogP) is 1.84. The minimum absolute atomic E-state index is 0.0919. The molecule has 4 aliphatic rings. The number of nitro groups is 1. The van der Waals surface area contributed by atoms with Gasteiger partial charge in [-0.1, -0.05) is 12.1 Å². The number of carboxylic acid groups (broad SMARTS) is 1. The molecule has 0 N–H and O–H groups in total. The monoisotopic (exact) mass is 344 g/mol. The van der Waals surface area contributed by atoms with Crippen molar-refractivity contribution >= 4 is 17.6 Å². The van der Waals surface area contributed by atoms with Crippen molar-refractivity contribution in [3.8, 4) is 0 Å². The predicted molar refractivity (Wildman–Crippen MR) is 83.4 cm³/mol. The minimum Gasteiger partial charge on any atom is -0.550 e. The summed E-state index contributed by atoms with van der Waals surface area (Å²) in [6.45, 7) is 0. The molecule has 4 fully saturated rings. The number of para-hydroxylation sites is 1. The zero-order valence-electron chi connectivity index (χ0n) is 13.6. The minimum atomic E-state index is -1.06. The molecule has 2 atom stereocenters. The molecular formula is C18H18NO6-. The van der Waals surface area contributed by atoms with Gasteiger partial charge < -0.3 is 14.6 Å². The number of esters is 1. The second-order valence-corrected chi connectivity index (χ2v) is 7.88. The lowest BCUT2D eigenvalue weighted by atomic mass is 9.48. The average Bonchev–Trinajstić information content (AvgIpc) is 2.53. The maximum absolute atomic E-state index is 12.6. The third-order valence-corrected chi connectivity index (χ3v) is 6.07. The Labute approximate surface area is 144 Å². The van der Waals surface area contributed by atoms with Crippen LogP contribution in [0.25, 0.3) is 0 Å². The van der Waals surface area contributed by atoms with Crippen LogP contribution in [0.15, 0.2) is 24.3 Å². The fourth-order valence-corrected chi connectivity index (χ4v) is 5.59. The van der Waals surface area contributed by atoms with Crippen LogP contribution in [0.2, 0.25) is 0 Å². The molecule has 0 saturated heterocycles. The highest BCUT2D eigenvalue weighted by molar-refractivity contribution is 5.94. The van der Waals surface area contributed by atoms with Crippen LogP contribution >= 0.6 is 0 Å². The maximum atomic E-state index is 12.6. The van der Waals surface area contributed by atoms with Gasteiger partial charge in [0.15, 0.2) is 0 Å². The van der Waals surface area contributed by atoms with Gasteiger partial charge in [0.25, 0.3) is 5.69 Å². The quantitative estimate of drug-likeness (QED) is 0.468. The molecule has 5 rings (SSSR count). The van der Waals surface area contributed by atoms with Gasteiger partial charge >= 0.3 is 5.97 Å². The van der Waals surface area contributed by atoms with Crippen molar-refractivity contribution in [3.05, 3.63) is 39.9 Å². The first-order valence-electron chi connectivity index (χ1n) is 8.51. The van der Waals surface area contributed by atoms with Crippen molar-refractivity contribution in [2.24, 2.45) is 17.3 Å². The van der Waals surface area contributed by atoms with Crippen LogP contribution in [0.5, 0.6) is 0 Å². The van der Waals surface area contributed by atoms with Gasteiger partial charge in [-0.3, -0.25) is 10.1 Å². The number of carbonyl (C=O) groups excluding carboxylic acids is 2. The standard InChI is InChI=1S/C18H19NO6/c20-15(13-3-1-2-4-14(13)19(23)24)25-18-8-11-5-12(9-18)7-17(6-11,10-18)16(21)22/h1-4,11-12H,5-10H2,(H,21,22)/p-1. The highest BCUT2D eigenvalue weighted by atomic mass is 16.6. The van der Waals surface area contributed by atoms with Crippen molar-refractivity contribution in [2.45, 2.75) is 44.1 Å². The third-order valence-electron chi connectivity index (χ3n) is 6.07. The van der Waals surface area contributed by atoms with Gasteiger partial charge in [-0.2, -0.15) is 0 Å². The molecule has 0 radical (unpaired) electrons. The molecule has 0 aliphatic heterocycles. The summed E-state index contributed by atoms with van der Waals surface area (Å²) >= 11 is 0. The van der Waals surface area contributed by atoms with Crippen LogP contribution in [0, 0.1) is 27.4 Å². The van der Waals surface area contributed by atoms with Crippen LogP contribution in [0.4, 0.5) is 5.69 Å². The zero-order chi connectivity index (χ0) is 17.8. The summed E-state index contributed by atoms with van der Waals surface area (Å²) in [5, 5.41) is 22.9. The summed E-state index contributed by atoms with van der Waals surface area (Å²) in [6.07, 6.45) is 3.63. The second kappa shape index (κ2) is 5.28. The first kappa shape index (κ1) is 16.1. The van der Waals surface area contributed by atoms with Gasteiger partial charge in [0, 0.05) is 17.5 Å². The van der Waals surface area contributed by atoms with Crippen LogP contribution in [-0.2, 0) is 9.53 Å². The summed E-state index contributed by atoms with van der Waals surface area (Å²) in [4.78, 5) is 34.9. The van der Waals surface area contributed by atoms with E-state index in [1.165, 1.54) is 18.2 Å². The maximum Gasteiger partial charge on any atom is 0.345 e. The SMILES string of the molecule is O=C(OC12CC3CC(C1)CC(C(=O)[O-])(C3)C2)c1ccccc1[N+](=O)[O-]. The number of carbonyl (C=O) groups is 2. The van der Waals surface area contributed by atoms with Crippen molar-refractivity contribution in [3.63, 3.8) is 0 Å². The Kier molecular flexibility index (Phi) is 3.39. The molecule has 0 heterocycles. The highest BCUT2D eigenvalue weighted by Crippen LogP contribution is 2.62. The number of benzene rings is 1. The summed E-state index contributed by atoms with van der Waals surface area (Å²) in [5.41, 5.74) is -2.16. The van der Waals surface area contributed by atoms with E-state index in [-0.39, 0.29) is 29.5 Å². The molecule has 1 aromatic carbocycles. The third kappa shape index (κ3) is 2.49. The number of carboxylic acids is 1. The van der Waals surface area contributed by atoms with E-state index in [1.54, 1.807) is 6.07 Å². The fourth-order valence-electron chi connectivity index (χ4n) is 5.59. The number of nitrogens with zero attached hydrogens (tertiary/aromatic N) is 1. The normalized spacial score (nSPS) is 35.4. The lowest BCUT2D eigenvalue weighted by Gasteiger charge is -2.61. The lowest BCUT2D eigenvalue weighted by Crippen LogP contribution is -2.62. The molecule has 4 saturated carbocycles. The smallest absolute Gasteiger partial charge is 0.345 e. The average molecular weight is 344 g/mol. The van der Waals surface area contributed by atoms with Gasteiger partial charge in [-0.25, -0.2) is 4.79 Å². The van der Waals surface area contributed by atoms with Crippen LogP contribution in [0.1, 0.15) is 48.9 Å². The molecule has 7 heteroatoms. The van der Waals surface area contributed by atoms with E-state index in [9.17, 15) is 24.8 Å². The van der Waals surface area contributed by atoms with Crippen LogP contribution < -0.4 is 5.11 Å². The van der Waals surface area contributed by atoms with Crippen LogP contribution in [0.3, 0.4) is 0 Å². The van der Waals surface area contributed by atoms with Gasteiger partial charge in [-0.05, 0) is 56.4 Å². The molecule has 0 amide bonds. The highest BCUT2D eigenvalue weighted by Gasteiger charge is 2.60. The van der Waals surface area contributed by atoms with E-state index in [4.69, 9.17) is 4.74 Å². The Morgan fingerprint density at radius 2 is 1.76 bits per heavy atom. The Bertz CT molecular complexity index is 759. The zero-order valence-corrected chi connectivity index (χ0v) is 13.6. The molecule has 25 heavy (non-hydrogen) atoms. The molecule has 4 aliphatic carbocycles. The van der Waals surface area contributed by atoms with Gasteiger partial charge in [0.05, 0.1) is 4.92 Å². The van der Waals surface area contributed by atoms with E-state index < -0.39 is 27.9 Å². The second-order valence-electron chi connectivity index (χ2n) is 7.88. The van der Waals surface area contributed by atoms with Crippen molar-refractivity contribution < 1.29 is 24.4 Å².